The van der Waals surface area contributed by atoms with E-state index in [1.807, 2.05) is 31.4 Å². The molecule has 5 heteroatoms. The normalized spacial score (nSPS) is 11.6. The van der Waals surface area contributed by atoms with Crippen LogP contribution in [-0.4, -0.2) is 27.1 Å². The summed E-state index contributed by atoms with van der Waals surface area (Å²) in [6.45, 7) is 6.22. The second-order valence-electron chi connectivity index (χ2n) is 5.81. The lowest BCUT2D eigenvalue weighted by Gasteiger charge is -2.24. The number of amides is 1. The lowest BCUT2D eigenvalue weighted by molar-refractivity contribution is -0.123. The molecule has 1 amide bonds. The van der Waals surface area contributed by atoms with Crippen molar-refractivity contribution in [2.75, 3.05) is 0 Å². The molecule has 1 aromatic heterocycles. The van der Waals surface area contributed by atoms with Crippen molar-refractivity contribution in [3.05, 3.63) is 36.0 Å². The summed E-state index contributed by atoms with van der Waals surface area (Å²) in [4.78, 5) is 23.0. The van der Waals surface area contributed by atoms with E-state index in [9.17, 15) is 9.59 Å². The van der Waals surface area contributed by atoms with Gasteiger partial charge in [0, 0.05) is 22.6 Å². The van der Waals surface area contributed by atoms with Crippen LogP contribution < -0.4 is 5.32 Å². The molecular weight excluding hydrogens is 268 g/mol. The average molecular weight is 288 g/mol. The molecule has 112 valence electrons. The van der Waals surface area contributed by atoms with Crippen LogP contribution in [0.3, 0.4) is 0 Å². The summed E-state index contributed by atoms with van der Waals surface area (Å²) >= 11 is 0. The SMILES string of the molecule is CCC(C)(C)NC(=O)Cn1ccc2cc(C(=O)O)ccc21. The number of hydrogen-bond acceptors (Lipinski definition) is 2. The van der Waals surface area contributed by atoms with Crippen molar-refractivity contribution in [2.45, 2.75) is 39.3 Å². The number of nitrogens with one attached hydrogen (secondary N) is 1. The van der Waals surface area contributed by atoms with E-state index >= 15 is 0 Å². The topological polar surface area (TPSA) is 71.3 Å². The fraction of sp³-hybridized carbons (Fsp3) is 0.375. The molecule has 0 aliphatic rings. The van der Waals surface area contributed by atoms with Crippen molar-refractivity contribution in [2.24, 2.45) is 0 Å². The predicted octanol–water partition coefficient (Wildman–Crippen LogP) is 2.64. The van der Waals surface area contributed by atoms with Gasteiger partial charge in [-0.2, -0.15) is 0 Å². The van der Waals surface area contributed by atoms with Gasteiger partial charge >= 0.3 is 5.97 Å². The number of carboxylic acids is 1. The highest BCUT2D eigenvalue weighted by Gasteiger charge is 2.18. The Balaban J connectivity index is 2.20. The van der Waals surface area contributed by atoms with Gasteiger partial charge in [-0.15, -0.1) is 0 Å². The summed E-state index contributed by atoms with van der Waals surface area (Å²) in [6.07, 6.45) is 2.65. The first kappa shape index (κ1) is 15.1. The lowest BCUT2D eigenvalue weighted by atomic mass is 10.0. The van der Waals surface area contributed by atoms with E-state index in [0.717, 1.165) is 17.3 Å². The molecule has 0 bridgehead atoms. The molecule has 0 saturated heterocycles. The fourth-order valence-electron chi connectivity index (χ4n) is 2.13. The van der Waals surface area contributed by atoms with Gasteiger partial charge in [0.05, 0.1) is 5.56 Å². The Hall–Kier alpha value is -2.30. The molecular formula is C16H20N2O3. The van der Waals surface area contributed by atoms with Gasteiger partial charge in [0.25, 0.3) is 0 Å². The van der Waals surface area contributed by atoms with Crippen LogP contribution in [0.2, 0.25) is 0 Å². The maximum absolute atomic E-state index is 12.1. The fourth-order valence-corrected chi connectivity index (χ4v) is 2.13. The molecule has 5 nitrogen and oxygen atoms in total. The van der Waals surface area contributed by atoms with Gasteiger partial charge < -0.3 is 15.0 Å². The summed E-state index contributed by atoms with van der Waals surface area (Å²) in [5, 5.41) is 12.8. The minimum atomic E-state index is -0.952. The summed E-state index contributed by atoms with van der Waals surface area (Å²) in [6, 6.07) is 6.72. The number of carbonyl (C=O) groups is 2. The molecule has 0 unspecified atom stereocenters. The molecule has 1 aromatic carbocycles. The van der Waals surface area contributed by atoms with Gasteiger partial charge in [-0.1, -0.05) is 6.92 Å². The number of rotatable bonds is 5. The van der Waals surface area contributed by atoms with E-state index in [4.69, 9.17) is 5.11 Å². The quantitative estimate of drug-likeness (QED) is 0.888. The molecule has 2 rings (SSSR count). The van der Waals surface area contributed by atoms with E-state index in [0.29, 0.717) is 0 Å². The Kier molecular flexibility index (Phi) is 4.02. The van der Waals surface area contributed by atoms with Crippen LogP contribution in [0.1, 0.15) is 37.6 Å². The number of carboxylic acid groups (broad SMARTS) is 1. The lowest BCUT2D eigenvalue weighted by Crippen LogP contribution is -2.44. The van der Waals surface area contributed by atoms with Gasteiger partial charge in [-0.25, -0.2) is 4.79 Å². The maximum atomic E-state index is 12.1. The molecule has 0 aliphatic carbocycles. The smallest absolute Gasteiger partial charge is 0.335 e. The highest BCUT2D eigenvalue weighted by molar-refractivity contribution is 5.94. The van der Waals surface area contributed by atoms with Crippen molar-refractivity contribution >= 4 is 22.8 Å². The number of carbonyl (C=O) groups excluding carboxylic acids is 1. The highest BCUT2D eigenvalue weighted by Crippen LogP contribution is 2.18. The van der Waals surface area contributed by atoms with Crippen molar-refractivity contribution < 1.29 is 14.7 Å². The van der Waals surface area contributed by atoms with Crippen molar-refractivity contribution in [3.63, 3.8) is 0 Å². The van der Waals surface area contributed by atoms with E-state index in [1.165, 1.54) is 0 Å². The van der Waals surface area contributed by atoms with E-state index in [-0.39, 0.29) is 23.6 Å². The van der Waals surface area contributed by atoms with Crippen LogP contribution in [0.25, 0.3) is 10.9 Å². The Bertz CT molecular complexity index is 686. The number of aromatic carboxylic acids is 1. The van der Waals surface area contributed by atoms with Crippen molar-refractivity contribution in [3.8, 4) is 0 Å². The molecule has 21 heavy (non-hydrogen) atoms. The summed E-state index contributed by atoms with van der Waals surface area (Å²) < 4.78 is 1.82. The minimum Gasteiger partial charge on any atom is -0.478 e. The number of aromatic nitrogens is 1. The third-order valence-corrected chi connectivity index (χ3v) is 3.69. The minimum absolute atomic E-state index is 0.0540. The number of fused-ring (bicyclic) bond motifs is 1. The van der Waals surface area contributed by atoms with Gasteiger partial charge in [0.1, 0.15) is 6.54 Å². The highest BCUT2D eigenvalue weighted by atomic mass is 16.4. The van der Waals surface area contributed by atoms with Crippen molar-refractivity contribution in [1.82, 2.24) is 9.88 Å². The first-order valence-electron chi connectivity index (χ1n) is 6.95. The summed E-state index contributed by atoms with van der Waals surface area (Å²) in [5.41, 5.74) is 0.873. The van der Waals surface area contributed by atoms with Gasteiger partial charge in [0.2, 0.25) is 5.91 Å². The monoisotopic (exact) mass is 288 g/mol. The van der Waals surface area contributed by atoms with Gasteiger partial charge in [0.15, 0.2) is 0 Å². The second kappa shape index (κ2) is 5.60. The number of nitrogens with zero attached hydrogens (tertiary/aromatic N) is 1. The molecule has 2 N–H and O–H groups in total. The Morgan fingerprint density at radius 3 is 2.62 bits per heavy atom. The zero-order valence-electron chi connectivity index (χ0n) is 12.5. The zero-order chi connectivity index (χ0) is 15.6. The van der Waals surface area contributed by atoms with Crippen LogP contribution in [0, 0.1) is 0 Å². The third-order valence-electron chi connectivity index (χ3n) is 3.69. The average Bonchev–Trinajstić information content (AvgIpc) is 2.80. The van der Waals surface area contributed by atoms with Crippen LogP contribution in [0.4, 0.5) is 0 Å². The van der Waals surface area contributed by atoms with Crippen LogP contribution in [0.5, 0.6) is 0 Å². The Morgan fingerprint density at radius 2 is 2.00 bits per heavy atom. The van der Waals surface area contributed by atoms with Gasteiger partial charge in [-0.05, 0) is 44.5 Å². The molecule has 0 saturated carbocycles. The standard InChI is InChI=1S/C16H20N2O3/c1-4-16(2,3)17-14(19)10-18-8-7-11-9-12(15(20)21)5-6-13(11)18/h5-9H,4,10H2,1-3H3,(H,17,19)(H,20,21). The second-order valence-corrected chi connectivity index (χ2v) is 5.81. The van der Waals surface area contributed by atoms with Crippen molar-refractivity contribution in [1.29, 1.82) is 0 Å². The van der Waals surface area contributed by atoms with Crippen LogP contribution in [0.15, 0.2) is 30.5 Å². The largest absolute Gasteiger partial charge is 0.478 e. The predicted molar refractivity (Wildman–Crippen MR) is 81.4 cm³/mol. The number of benzene rings is 1. The first-order chi connectivity index (χ1) is 9.82. The molecule has 0 spiro atoms. The van der Waals surface area contributed by atoms with E-state index in [1.54, 1.807) is 24.4 Å². The van der Waals surface area contributed by atoms with Gasteiger partial charge in [-0.3, -0.25) is 4.79 Å². The molecule has 1 heterocycles. The third kappa shape index (κ3) is 3.42. The Morgan fingerprint density at radius 1 is 1.29 bits per heavy atom. The van der Waals surface area contributed by atoms with Crippen LogP contribution in [-0.2, 0) is 11.3 Å². The van der Waals surface area contributed by atoms with Crippen LogP contribution >= 0.6 is 0 Å². The first-order valence-corrected chi connectivity index (χ1v) is 6.95. The molecule has 0 radical (unpaired) electrons. The Labute approximate surface area is 123 Å². The molecule has 0 atom stereocenters. The number of hydrogen-bond donors (Lipinski definition) is 2. The summed E-state index contributed by atoms with van der Waals surface area (Å²) in [7, 11) is 0. The molecule has 0 fully saturated rings. The maximum Gasteiger partial charge on any atom is 0.335 e. The molecule has 0 aliphatic heterocycles. The van der Waals surface area contributed by atoms with E-state index in [2.05, 4.69) is 5.32 Å². The molecule has 2 aromatic rings. The van der Waals surface area contributed by atoms with E-state index < -0.39 is 5.97 Å². The summed E-state index contributed by atoms with van der Waals surface area (Å²) in [5.74, 6) is -1.01. The zero-order valence-corrected chi connectivity index (χ0v) is 12.5.